The van der Waals surface area contributed by atoms with Gasteiger partial charge in [-0.25, -0.2) is 0 Å². The summed E-state index contributed by atoms with van der Waals surface area (Å²) < 4.78 is 0. The normalized spacial score (nSPS) is 20.3. The number of aliphatic hydroxyl groups excluding tert-OH is 2. The number of rotatable bonds is 8. The van der Waals surface area contributed by atoms with Crippen molar-refractivity contribution >= 4 is 5.91 Å². The van der Waals surface area contributed by atoms with Crippen molar-refractivity contribution in [1.29, 1.82) is 0 Å². The minimum Gasteiger partial charge on any atom is -0.389 e. The minimum atomic E-state index is -0.653. The summed E-state index contributed by atoms with van der Waals surface area (Å²) in [6.45, 7) is 0. The minimum absolute atomic E-state index is 0.183. The van der Waals surface area contributed by atoms with Gasteiger partial charge in [0.15, 0.2) is 0 Å². The molecule has 0 heterocycles. The van der Waals surface area contributed by atoms with Crippen molar-refractivity contribution in [2.24, 2.45) is 11.7 Å². The van der Waals surface area contributed by atoms with E-state index in [1.54, 1.807) is 18.2 Å². The van der Waals surface area contributed by atoms with Gasteiger partial charge in [-0.2, -0.15) is 0 Å². The van der Waals surface area contributed by atoms with E-state index >= 15 is 0 Å². The number of hydrogen-bond donors (Lipinski definition) is 3. The second kappa shape index (κ2) is 9.50. The van der Waals surface area contributed by atoms with E-state index in [1.165, 1.54) is 12.8 Å². The number of carbonyl (C=O) groups is 1. The van der Waals surface area contributed by atoms with Gasteiger partial charge in [0.25, 0.3) is 0 Å². The number of allylic oxidation sites excluding steroid dienone is 4. The summed E-state index contributed by atoms with van der Waals surface area (Å²) in [5.74, 6) is 0.00244. The number of primary amides is 1. The molecular weight excluding hydrogens is 254 g/mol. The zero-order valence-electron chi connectivity index (χ0n) is 11.8. The largest absolute Gasteiger partial charge is 0.389 e. The molecular formula is C16H25NO3. The quantitative estimate of drug-likeness (QED) is 0.593. The molecule has 2 atom stereocenters. The molecule has 0 aromatic carbocycles. The van der Waals surface area contributed by atoms with E-state index in [9.17, 15) is 15.0 Å². The monoisotopic (exact) mass is 279 g/mol. The van der Waals surface area contributed by atoms with Crippen LogP contribution < -0.4 is 5.73 Å². The molecule has 112 valence electrons. The van der Waals surface area contributed by atoms with Crippen molar-refractivity contribution in [3.05, 3.63) is 36.5 Å². The number of aliphatic hydroxyl groups is 2. The highest BCUT2D eigenvalue weighted by atomic mass is 16.3. The first-order valence-corrected chi connectivity index (χ1v) is 7.25. The number of hydrogen-bond acceptors (Lipinski definition) is 3. The van der Waals surface area contributed by atoms with E-state index < -0.39 is 12.0 Å². The van der Waals surface area contributed by atoms with Crippen LogP contribution in [0.2, 0.25) is 0 Å². The molecule has 0 aromatic rings. The van der Waals surface area contributed by atoms with Crippen molar-refractivity contribution < 1.29 is 15.0 Å². The van der Waals surface area contributed by atoms with Gasteiger partial charge in [-0.05, 0) is 25.2 Å². The Morgan fingerprint density at radius 1 is 1.10 bits per heavy atom. The van der Waals surface area contributed by atoms with Gasteiger partial charge in [-0.3, -0.25) is 4.79 Å². The molecule has 1 saturated carbocycles. The molecule has 4 nitrogen and oxygen atoms in total. The summed E-state index contributed by atoms with van der Waals surface area (Å²) in [5.41, 5.74) is 4.99. The lowest BCUT2D eigenvalue weighted by molar-refractivity contribution is -0.118. The van der Waals surface area contributed by atoms with E-state index in [2.05, 4.69) is 0 Å². The Hall–Kier alpha value is -1.39. The highest BCUT2D eigenvalue weighted by molar-refractivity contribution is 5.73. The van der Waals surface area contributed by atoms with E-state index in [4.69, 9.17) is 5.73 Å². The maximum absolute atomic E-state index is 10.5. The van der Waals surface area contributed by atoms with Crippen LogP contribution in [0.1, 0.15) is 38.5 Å². The van der Waals surface area contributed by atoms with Gasteiger partial charge >= 0.3 is 0 Å². The Balaban J connectivity index is 2.21. The van der Waals surface area contributed by atoms with Gasteiger partial charge in [-0.1, -0.05) is 49.3 Å². The third kappa shape index (κ3) is 7.26. The van der Waals surface area contributed by atoms with E-state index in [1.807, 2.05) is 18.2 Å². The zero-order valence-corrected chi connectivity index (χ0v) is 11.8. The Morgan fingerprint density at radius 3 is 2.30 bits per heavy atom. The average Bonchev–Trinajstić information content (AvgIpc) is 2.94. The summed E-state index contributed by atoms with van der Waals surface area (Å²) in [6, 6.07) is 0. The molecule has 1 aliphatic rings. The third-order valence-electron chi connectivity index (χ3n) is 3.54. The fourth-order valence-electron chi connectivity index (χ4n) is 2.34. The smallest absolute Gasteiger partial charge is 0.217 e. The molecule has 20 heavy (non-hydrogen) atoms. The lowest BCUT2D eigenvalue weighted by Crippen LogP contribution is -2.14. The van der Waals surface area contributed by atoms with Crippen molar-refractivity contribution in [3.63, 3.8) is 0 Å². The lowest BCUT2D eigenvalue weighted by atomic mass is 10.0. The van der Waals surface area contributed by atoms with Crippen molar-refractivity contribution in [2.45, 2.75) is 50.7 Å². The van der Waals surface area contributed by atoms with Crippen LogP contribution in [0.15, 0.2) is 36.5 Å². The molecule has 1 fully saturated rings. The van der Waals surface area contributed by atoms with E-state index in [0.717, 1.165) is 12.8 Å². The summed E-state index contributed by atoms with van der Waals surface area (Å²) in [6.07, 6.45) is 14.7. The highest BCUT2D eigenvalue weighted by Crippen LogP contribution is 2.28. The van der Waals surface area contributed by atoms with Crippen LogP contribution in [0.3, 0.4) is 0 Å². The first kappa shape index (κ1) is 16.7. The SMILES string of the molecule is NC(=O)CCC(O)C=CC=C/C=C/C(O)C1CCCC1. The lowest BCUT2D eigenvalue weighted by Gasteiger charge is -2.12. The second-order valence-corrected chi connectivity index (χ2v) is 5.26. The highest BCUT2D eigenvalue weighted by Gasteiger charge is 2.20. The molecule has 0 radical (unpaired) electrons. The third-order valence-corrected chi connectivity index (χ3v) is 3.54. The van der Waals surface area contributed by atoms with Crippen LogP contribution in [0, 0.1) is 5.92 Å². The molecule has 0 bridgehead atoms. The van der Waals surface area contributed by atoms with E-state index in [-0.39, 0.29) is 12.5 Å². The standard InChI is InChI=1S/C16H25NO3/c17-16(20)12-11-14(18)9-3-1-2-4-10-15(19)13-7-5-6-8-13/h1-4,9-10,13-15,18-19H,5-8,11-12H2,(H2,17,20)/b2-1?,9-3?,10-4+. The Labute approximate surface area is 120 Å². The molecule has 1 rings (SSSR count). The number of carbonyl (C=O) groups excluding carboxylic acids is 1. The van der Waals surface area contributed by atoms with Crippen LogP contribution in [0.25, 0.3) is 0 Å². The van der Waals surface area contributed by atoms with Gasteiger partial charge in [-0.15, -0.1) is 0 Å². The molecule has 4 heteroatoms. The Morgan fingerprint density at radius 2 is 1.70 bits per heavy atom. The summed E-state index contributed by atoms with van der Waals surface area (Å²) >= 11 is 0. The molecule has 0 aromatic heterocycles. The summed E-state index contributed by atoms with van der Waals surface area (Å²) in [5, 5.41) is 19.4. The first-order valence-electron chi connectivity index (χ1n) is 7.25. The molecule has 0 aliphatic heterocycles. The topological polar surface area (TPSA) is 83.6 Å². The van der Waals surface area contributed by atoms with Gasteiger partial charge in [0.1, 0.15) is 0 Å². The molecule has 4 N–H and O–H groups in total. The molecule has 1 aliphatic carbocycles. The first-order chi connectivity index (χ1) is 9.59. The summed E-state index contributed by atoms with van der Waals surface area (Å²) in [4.78, 5) is 10.5. The van der Waals surface area contributed by atoms with Gasteiger partial charge in [0, 0.05) is 6.42 Å². The fourth-order valence-corrected chi connectivity index (χ4v) is 2.34. The second-order valence-electron chi connectivity index (χ2n) is 5.26. The summed E-state index contributed by atoms with van der Waals surface area (Å²) in [7, 11) is 0. The van der Waals surface area contributed by atoms with E-state index in [0.29, 0.717) is 12.3 Å². The number of amides is 1. The predicted octanol–water partition coefficient (Wildman–Crippen LogP) is 1.83. The van der Waals surface area contributed by atoms with Crippen LogP contribution in [0.5, 0.6) is 0 Å². The van der Waals surface area contributed by atoms with Crippen LogP contribution in [-0.2, 0) is 4.79 Å². The van der Waals surface area contributed by atoms with Crippen molar-refractivity contribution in [1.82, 2.24) is 0 Å². The van der Waals surface area contributed by atoms with Gasteiger partial charge < -0.3 is 15.9 Å². The molecule has 0 saturated heterocycles. The average molecular weight is 279 g/mol. The maximum Gasteiger partial charge on any atom is 0.217 e. The fraction of sp³-hybridized carbons (Fsp3) is 0.562. The van der Waals surface area contributed by atoms with Crippen LogP contribution in [-0.4, -0.2) is 28.3 Å². The van der Waals surface area contributed by atoms with Crippen molar-refractivity contribution in [3.8, 4) is 0 Å². The zero-order chi connectivity index (χ0) is 14.8. The molecule has 2 unspecified atom stereocenters. The van der Waals surface area contributed by atoms with Gasteiger partial charge in [0.2, 0.25) is 5.91 Å². The molecule has 0 spiro atoms. The number of nitrogens with two attached hydrogens (primary N) is 1. The van der Waals surface area contributed by atoms with Crippen LogP contribution >= 0.6 is 0 Å². The Bertz CT molecular complexity index is 368. The molecule has 1 amide bonds. The Kier molecular flexibility index (Phi) is 7.92. The van der Waals surface area contributed by atoms with Crippen molar-refractivity contribution in [2.75, 3.05) is 0 Å². The maximum atomic E-state index is 10.5. The van der Waals surface area contributed by atoms with Crippen LogP contribution in [0.4, 0.5) is 0 Å². The van der Waals surface area contributed by atoms with Gasteiger partial charge in [0.05, 0.1) is 12.2 Å². The predicted molar refractivity (Wildman–Crippen MR) is 79.8 cm³/mol.